The van der Waals surface area contributed by atoms with Crippen LogP contribution < -0.4 is 0 Å². The highest BCUT2D eigenvalue weighted by Gasteiger charge is 2.64. The van der Waals surface area contributed by atoms with E-state index in [1.54, 1.807) is 0 Å². The van der Waals surface area contributed by atoms with Gasteiger partial charge in [0, 0.05) is 12.8 Å². The van der Waals surface area contributed by atoms with Gasteiger partial charge in [0.25, 0.3) is 0 Å². The van der Waals surface area contributed by atoms with Crippen molar-refractivity contribution in [2.24, 2.45) is 34.5 Å². The van der Waals surface area contributed by atoms with Crippen LogP contribution in [0.5, 0.6) is 0 Å². The molecule has 25 heavy (non-hydrogen) atoms. The summed E-state index contributed by atoms with van der Waals surface area (Å²) in [5, 5.41) is 11.0. The Morgan fingerprint density at radius 3 is 2.28 bits per heavy atom. The number of aliphatic hydroxyl groups is 1. The van der Waals surface area contributed by atoms with Gasteiger partial charge in [-0.05, 0) is 86.4 Å². The molecule has 4 saturated carbocycles. The molecule has 142 valence electrons. The van der Waals surface area contributed by atoms with Crippen LogP contribution in [0.3, 0.4) is 0 Å². The molecule has 0 aromatic heterocycles. The number of rotatable bonds is 0. The Morgan fingerprint density at radius 2 is 1.52 bits per heavy atom. The van der Waals surface area contributed by atoms with Crippen molar-refractivity contribution in [2.45, 2.75) is 89.9 Å². The lowest BCUT2D eigenvalue weighted by Gasteiger charge is -2.62. The topological polar surface area (TPSA) is 38.7 Å². The SMILES string of the molecule is C[C@@]12CCC3(C[C@H]1CC[C@@H]1[C@@H]2CC[C@]2(C)[C@H]1CC[C@@]2(C)O)OCCO3. The van der Waals surface area contributed by atoms with Crippen molar-refractivity contribution in [3.05, 3.63) is 0 Å². The lowest BCUT2D eigenvalue weighted by Crippen LogP contribution is -2.57. The Labute approximate surface area is 152 Å². The van der Waals surface area contributed by atoms with Gasteiger partial charge in [-0.25, -0.2) is 0 Å². The summed E-state index contributed by atoms with van der Waals surface area (Å²) in [5.74, 6) is 2.92. The second-order valence-corrected chi connectivity index (χ2v) is 10.7. The van der Waals surface area contributed by atoms with Gasteiger partial charge in [0.2, 0.25) is 0 Å². The highest BCUT2D eigenvalue weighted by Crippen LogP contribution is 2.69. The van der Waals surface area contributed by atoms with Gasteiger partial charge < -0.3 is 14.6 Å². The minimum absolute atomic E-state index is 0.144. The Hall–Kier alpha value is -0.120. The largest absolute Gasteiger partial charge is 0.390 e. The van der Waals surface area contributed by atoms with Gasteiger partial charge in [-0.15, -0.1) is 0 Å². The smallest absolute Gasteiger partial charge is 0.168 e. The number of fused-ring (bicyclic) bond motifs is 5. The van der Waals surface area contributed by atoms with E-state index in [2.05, 4.69) is 20.8 Å². The summed E-state index contributed by atoms with van der Waals surface area (Å²) >= 11 is 0. The zero-order chi connectivity index (χ0) is 17.5. The van der Waals surface area contributed by atoms with E-state index in [1.807, 2.05) is 0 Å². The second-order valence-electron chi connectivity index (χ2n) is 10.7. The van der Waals surface area contributed by atoms with Crippen LogP contribution in [0.4, 0.5) is 0 Å². The van der Waals surface area contributed by atoms with Crippen molar-refractivity contribution >= 4 is 0 Å². The van der Waals surface area contributed by atoms with Crippen molar-refractivity contribution in [1.29, 1.82) is 0 Å². The lowest BCUT2D eigenvalue weighted by atomic mass is 9.44. The molecule has 7 atom stereocenters. The molecule has 1 heterocycles. The molecule has 0 aromatic carbocycles. The highest BCUT2D eigenvalue weighted by molar-refractivity contribution is 5.13. The average Bonchev–Trinajstić information content (AvgIpc) is 3.11. The number of hydrogen-bond acceptors (Lipinski definition) is 3. The number of hydrogen-bond donors (Lipinski definition) is 1. The average molecular weight is 349 g/mol. The van der Waals surface area contributed by atoms with E-state index in [4.69, 9.17) is 9.47 Å². The summed E-state index contributed by atoms with van der Waals surface area (Å²) in [6.07, 6.45) is 10.9. The summed E-state index contributed by atoms with van der Waals surface area (Å²) in [6.45, 7) is 8.66. The van der Waals surface area contributed by atoms with Gasteiger partial charge in [0.05, 0.1) is 18.8 Å². The zero-order valence-electron chi connectivity index (χ0n) is 16.4. The molecule has 0 bridgehead atoms. The van der Waals surface area contributed by atoms with E-state index in [9.17, 15) is 5.11 Å². The third kappa shape index (κ3) is 2.15. The fourth-order valence-electron chi connectivity index (χ4n) is 8.20. The van der Waals surface area contributed by atoms with Crippen molar-refractivity contribution in [3.8, 4) is 0 Å². The van der Waals surface area contributed by atoms with Crippen molar-refractivity contribution in [3.63, 3.8) is 0 Å². The summed E-state index contributed by atoms with van der Waals surface area (Å²) in [6, 6.07) is 0. The molecule has 0 amide bonds. The summed E-state index contributed by atoms with van der Waals surface area (Å²) in [4.78, 5) is 0. The van der Waals surface area contributed by atoms with Crippen LogP contribution >= 0.6 is 0 Å². The molecule has 5 rings (SSSR count). The quantitative estimate of drug-likeness (QED) is 0.699. The maximum absolute atomic E-state index is 11.0. The predicted molar refractivity (Wildman–Crippen MR) is 97.0 cm³/mol. The van der Waals surface area contributed by atoms with E-state index >= 15 is 0 Å². The fourth-order valence-corrected chi connectivity index (χ4v) is 8.20. The number of ether oxygens (including phenoxy) is 2. The van der Waals surface area contributed by atoms with Crippen LogP contribution in [0.1, 0.15) is 78.6 Å². The maximum Gasteiger partial charge on any atom is 0.168 e. The van der Waals surface area contributed by atoms with E-state index < -0.39 is 5.60 Å². The molecule has 5 fully saturated rings. The van der Waals surface area contributed by atoms with Crippen LogP contribution in [-0.2, 0) is 9.47 Å². The Balaban J connectivity index is 1.41. The Bertz CT molecular complexity index is 551. The van der Waals surface area contributed by atoms with Gasteiger partial charge >= 0.3 is 0 Å². The minimum atomic E-state index is -0.456. The summed E-state index contributed by atoms with van der Waals surface area (Å²) in [5.41, 5.74) is 0.146. The molecule has 0 radical (unpaired) electrons. The van der Waals surface area contributed by atoms with E-state index in [0.717, 1.165) is 56.1 Å². The summed E-state index contributed by atoms with van der Waals surface area (Å²) < 4.78 is 12.1. The third-order valence-corrected chi connectivity index (χ3v) is 10.0. The summed E-state index contributed by atoms with van der Waals surface area (Å²) in [7, 11) is 0. The molecule has 4 aliphatic carbocycles. The highest BCUT2D eigenvalue weighted by atomic mass is 16.7. The predicted octanol–water partition coefficient (Wildman–Crippen LogP) is 4.52. The first-order chi connectivity index (χ1) is 11.8. The Kier molecular flexibility index (Phi) is 3.56. The molecule has 0 aromatic rings. The molecule has 1 N–H and O–H groups in total. The molecular weight excluding hydrogens is 312 g/mol. The maximum atomic E-state index is 11.0. The van der Waals surface area contributed by atoms with Gasteiger partial charge in [-0.1, -0.05) is 13.8 Å². The van der Waals surface area contributed by atoms with Gasteiger partial charge in [0.15, 0.2) is 5.79 Å². The monoisotopic (exact) mass is 348 g/mol. The van der Waals surface area contributed by atoms with E-state index in [0.29, 0.717) is 5.41 Å². The molecule has 1 aliphatic heterocycles. The first-order valence-corrected chi connectivity index (χ1v) is 10.8. The molecule has 3 nitrogen and oxygen atoms in total. The molecular formula is C22H36O3. The molecule has 1 spiro atoms. The van der Waals surface area contributed by atoms with E-state index in [-0.39, 0.29) is 11.2 Å². The van der Waals surface area contributed by atoms with Crippen molar-refractivity contribution in [1.82, 2.24) is 0 Å². The first kappa shape index (κ1) is 17.0. The lowest BCUT2D eigenvalue weighted by molar-refractivity contribution is -0.232. The van der Waals surface area contributed by atoms with Crippen molar-refractivity contribution < 1.29 is 14.6 Å². The van der Waals surface area contributed by atoms with Crippen LogP contribution in [0.25, 0.3) is 0 Å². The van der Waals surface area contributed by atoms with Crippen LogP contribution in [0, 0.1) is 34.5 Å². The Morgan fingerprint density at radius 1 is 0.800 bits per heavy atom. The second kappa shape index (κ2) is 5.23. The normalized spacial score (nSPS) is 57.1. The molecule has 3 heteroatoms. The third-order valence-electron chi connectivity index (χ3n) is 10.0. The van der Waals surface area contributed by atoms with Gasteiger partial charge in [-0.3, -0.25) is 0 Å². The standard InChI is InChI=1S/C22H36O3/c1-19-10-11-22(24-12-13-25-22)14-15(19)4-5-16-17(19)6-8-20(2)18(16)7-9-21(20,3)23/h15-18,23H,4-14H2,1-3H3/t15-,16-,17+,18+,19-,20-,21-/m1/s1. The molecule has 1 saturated heterocycles. The molecule has 0 unspecified atom stereocenters. The fraction of sp³-hybridized carbons (Fsp3) is 1.00. The molecule has 5 aliphatic rings. The van der Waals surface area contributed by atoms with Gasteiger partial charge in [-0.2, -0.15) is 0 Å². The van der Waals surface area contributed by atoms with Crippen LogP contribution in [0.2, 0.25) is 0 Å². The minimum Gasteiger partial charge on any atom is -0.390 e. The van der Waals surface area contributed by atoms with Gasteiger partial charge in [0.1, 0.15) is 0 Å². The van der Waals surface area contributed by atoms with Crippen molar-refractivity contribution in [2.75, 3.05) is 13.2 Å². The zero-order valence-corrected chi connectivity index (χ0v) is 16.4. The van der Waals surface area contributed by atoms with E-state index in [1.165, 1.54) is 38.5 Å². The van der Waals surface area contributed by atoms with Crippen LogP contribution in [-0.4, -0.2) is 29.7 Å². The van der Waals surface area contributed by atoms with Crippen LogP contribution in [0.15, 0.2) is 0 Å². The first-order valence-electron chi connectivity index (χ1n) is 10.8.